The molecule has 1 atom stereocenters. The summed E-state index contributed by atoms with van der Waals surface area (Å²) in [5.41, 5.74) is 0. The van der Waals surface area contributed by atoms with Crippen LogP contribution in [0, 0.1) is 11.8 Å². The number of hydrogen-bond donors (Lipinski definition) is 0. The zero-order chi connectivity index (χ0) is 9.80. The zero-order valence-electron chi connectivity index (χ0n) is 8.20. The summed E-state index contributed by atoms with van der Waals surface area (Å²) in [7, 11) is -0.202. The minimum absolute atomic E-state index is 0.202. The fraction of sp³-hybridized carbons (Fsp3) is 0.154. The first-order valence-electron chi connectivity index (χ1n) is 4.69. The molecule has 0 heterocycles. The summed E-state index contributed by atoms with van der Waals surface area (Å²) in [5.74, 6) is 6.26. The predicted molar refractivity (Wildman–Crippen MR) is 65.5 cm³/mol. The molecule has 1 aliphatic carbocycles. The monoisotopic (exact) mass is 199 g/mol. The molecule has 1 unspecified atom stereocenters. The molecule has 1 aromatic carbocycles. The van der Waals surface area contributed by atoms with Gasteiger partial charge in [-0.2, -0.15) is 0 Å². The van der Waals surface area contributed by atoms with E-state index >= 15 is 0 Å². The van der Waals surface area contributed by atoms with Gasteiger partial charge in [0, 0.05) is 6.42 Å². The topological polar surface area (TPSA) is 0 Å². The Morgan fingerprint density at radius 3 is 2.64 bits per heavy atom. The van der Waals surface area contributed by atoms with E-state index in [4.69, 9.17) is 0 Å². The third-order valence-electron chi connectivity index (χ3n) is 2.28. The van der Waals surface area contributed by atoms with Gasteiger partial charge in [0.25, 0.3) is 0 Å². The molecule has 0 spiro atoms. The van der Waals surface area contributed by atoms with Crippen LogP contribution >= 0.6 is 7.55 Å². The van der Waals surface area contributed by atoms with Gasteiger partial charge in [-0.1, -0.05) is 30.2 Å². The molecule has 1 aromatic rings. The summed E-state index contributed by atoms with van der Waals surface area (Å²) >= 11 is 0. The molecule has 0 bridgehead atoms. The Morgan fingerprint density at radius 2 is 2.00 bits per heavy atom. The van der Waals surface area contributed by atoms with E-state index in [0.29, 0.717) is 0 Å². The lowest BCUT2D eigenvalue weighted by Gasteiger charge is -1.95. The first kappa shape index (κ1) is 9.25. The van der Waals surface area contributed by atoms with E-state index in [1.54, 1.807) is 0 Å². The molecule has 0 nitrogen and oxygen atoms in total. The van der Waals surface area contributed by atoms with E-state index < -0.39 is 0 Å². The van der Waals surface area contributed by atoms with Crippen LogP contribution in [0.5, 0.6) is 0 Å². The largest absolute Gasteiger partial charge is 0.179 e. The van der Waals surface area contributed by atoms with Crippen molar-refractivity contribution >= 4 is 18.1 Å². The highest BCUT2D eigenvalue weighted by atomic mass is 31.1. The number of rotatable bonds is 1. The normalized spacial score (nSPS) is 17.2. The average molecular weight is 199 g/mol. The van der Waals surface area contributed by atoms with Crippen LogP contribution < -0.4 is 5.30 Å². The van der Waals surface area contributed by atoms with Gasteiger partial charge in [-0.05, 0) is 24.1 Å². The van der Waals surface area contributed by atoms with Crippen LogP contribution in [0.2, 0.25) is 0 Å². The van der Waals surface area contributed by atoms with Crippen molar-refractivity contribution in [2.45, 2.75) is 6.42 Å². The summed E-state index contributed by atoms with van der Waals surface area (Å²) < 4.78 is 0. The summed E-state index contributed by atoms with van der Waals surface area (Å²) in [6.07, 6.45) is 5.12. The Hall–Kier alpha value is -1.31. The van der Waals surface area contributed by atoms with Gasteiger partial charge in [-0.15, -0.1) is 0 Å². The Kier molecular flexibility index (Phi) is 2.82. The lowest BCUT2D eigenvalue weighted by Crippen LogP contribution is -2.02. The molecule has 0 saturated carbocycles. The third-order valence-corrected chi connectivity index (χ3v) is 4.45. The second-order valence-corrected chi connectivity index (χ2v) is 5.39. The summed E-state index contributed by atoms with van der Waals surface area (Å²) in [6.45, 7) is 2.29. The van der Waals surface area contributed by atoms with E-state index in [2.05, 4.69) is 54.9 Å². The van der Waals surface area contributed by atoms with Gasteiger partial charge in [0.1, 0.15) is 19.5 Å². The summed E-state index contributed by atoms with van der Waals surface area (Å²) in [5, 5.41) is 2.80. The Morgan fingerprint density at radius 1 is 1.21 bits per heavy atom. The number of benzene rings is 1. The van der Waals surface area contributed by atoms with Gasteiger partial charge >= 0.3 is 0 Å². The predicted octanol–water partition coefficient (Wildman–Crippen LogP) is 2.56. The van der Waals surface area contributed by atoms with Gasteiger partial charge in [0.05, 0.1) is 0 Å². The molecular weight excluding hydrogens is 187 g/mol. The lowest BCUT2D eigenvalue weighted by atomic mass is 10.2. The van der Waals surface area contributed by atoms with Crippen LogP contribution in [0.4, 0.5) is 0 Å². The molecule has 68 valence electrons. The molecule has 0 radical (unpaired) electrons. The van der Waals surface area contributed by atoms with Gasteiger partial charge in [0.2, 0.25) is 0 Å². The van der Waals surface area contributed by atoms with Gasteiger partial charge < -0.3 is 0 Å². The minimum atomic E-state index is -0.202. The molecular formula is C13H12P+. The summed E-state index contributed by atoms with van der Waals surface area (Å²) in [6, 6.07) is 10.6. The highest BCUT2D eigenvalue weighted by Crippen LogP contribution is 2.21. The van der Waals surface area contributed by atoms with E-state index in [-0.39, 0.29) is 7.55 Å². The van der Waals surface area contributed by atoms with Gasteiger partial charge in [-0.25, -0.2) is 0 Å². The van der Waals surface area contributed by atoms with Crippen molar-refractivity contribution in [3.8, 4) is 11.8 Å². The van der Waals surface area contributed by atoms with Crippen LogP contribution in [0.1, 0.15) is 6.42 Å². The van der Waals surface area contributed by atoms with Crippen LogP contribution in [0.3, 0.4) is 0 Å². The molecule has 0 N–H and O–H groups in total. The van der Waals surface area contributed by atoms with E-state index in [9.17, 15) is 0 Å². The van der Waals surface area contributed by atoms with E-state index in [1.807, 2.05) is 6.08 Å². The fourth-order valence-electron chi connectivity index (χ4n) is 1.43. The molecule has 1 heteroatoms. The molecule has 0 fully saturated rings. The van der Waals surface area contributed by atoms with Crippen LogP contribution in [-0.4, -0.2) is 12.0 Å². The highest BCUT2D eigenvalue weighted by Gasteiger charge is 2.14. The quantitative estimate of drug-likeness (QED) is 0.481. The molecule has 2 rings (SSSR count). The molecule has 0 amide bonds. The lowest BCUT2D eigenvalue weighted by molar-refractivity contribution is 1.53. The van der Waals surface area contributed by atoms with Gasteiger partial charge in [-0.3, -0.25) is 0 Å². The fourth-order valence-corrected chi connectivity index (χ4v) is 2.98. The molecule has 0 aliphatic heterocycles. The van der Waals surface area contributed by atoms with Crippen molar-refractivity contribution in [1.29, 1.82) is 0 Å². The Bertz CT molecular complexity index is 441. The maximum Gasteiger partial charge on any atom is 0.179 e. The van der Waals surface area contributed by atoms with Crippen molar-refractivity contribution in [3.05, 3.63) is 42.5 Å². The third kappa shape index (κ3) is 1.95. The van der Waals surface area contributed by atoms with Crippen molar-refractivity contribution in [2.24, 2.45) is 0 Å². The first-order valence-corrected chi connectivity index (χ1v) is 6.48. The van der Waals surface area contributed by atoms with Crippen molar-refractivity contribution in [1.82, 2.24) is 0 Å². The van der Waals surface area contributed by atoms with Crippen molar-refractivity contribution in [2.75, 3.05) is 6.66 Å². The van der Waals surface area contributed by atoms with Crippen molar-refractivity contribution in [3.63, 3.8) is 0 Å². The average Bonchev–Trinajstić information content (AvgIpc) is 2.30. The number of hydrogen-bond acceptors (Lipinski definition) is 0. The van der Waals surface area contributed by atoms with E-state index in [0.717, 1.165) is 6.42 Å². The molecule has 1 aliphatic rings. The van der Waals surface area contributed by atoms with Crippen LogP contribution in [0.25, 0.3) is 0 Å². The second-order valence-electron chi connectivity index (χ2n) is 3.22. The Labute approximate surface area is 86.0 Å². The SMILES string of the molecule is C[P+](=C1C#CC=CC1)c1ccccc1. The van der Waals surface area contributed by atoms with Crippen LogP contribution in [-0.2, 0) is 0 Å². The molecule has 0 saturated heterocycles. The van der Waals surface area contributed by atoms with E-state index in [1.165, 1.54) is 10.6 Å². The van der Waals surface area contributed by atoms with Gasteiger partial charge in [0.15, 0.2) is 5.29 Å². The highest BCUT2D eigenvalue weighted by molar-refractivity contribution is 7.66. The molecule has 14 heavy (non-hydrogen) atoms. The maximum atomic E-state index is 3.23. The summed E-state index contributed by atoms with van der Waals surface area (Å²) in [4.78, 5) is 0. The Balaban J connectivity index is 2.39. The minimum Gasteiger partial charge on any atom is -0.0672 e. The second kappa shape index (κ2) is 4.27. The zero-order valence-corrected chi connectivity index (χ0v) is 9.09. The smallest absolute Gasteiger partial charge is 0.0672 e. The van der Waals surface area contributed by atoms with Crippen molar-refractivity contribution < 1.29 is 0 Å². The maximum absolute atomic E-state index is 3.23. The standard InChI is InChI=1S/C13H12P/c1-14(12-8-4-2-5-9-12)13-10-6-3-7-11-13/h2-6,8-9H,10H2,1H3/q+1. The van der Waals surface area contributed by atoms with Crippen LogP contribution in [0.15, 0.2) is 42.5 Å². The number of allylic oxidation sites excluding steroid dienone is 2. The molecule has 0 aromatic heterocycles. The first-order chi connectivity index (χ1) is 6.88.